The Hall–Kier alpha value is -1.16. The molecular weight excluding hydrogens is 172 g/mol. The molecule has 2 fully saturated rings. The number of carbonyl (C=O) groups excluding carboxylic acids is 1. The van der Waals surface area contributed by atoms with Crippen LogP contribution < -0.4 is 0 Å². The molecule has 1 aliphatic carbocycles. The summed E-state index contributed by atoms with van der Waals surface area (Å²) in [5.74, 6) is -2.20. The number of ketones is 1. The van der Waals surface area contributed by atoms with Gasteiger partial charge in [0.05, 0.1) is 0 Å². The lowest BCUT2D eigenvalue weighted by Crippen LogP contribution is -2.28. The summed E-state index contributed by atoms with van der Waals surface area (Å²) < 4.78 is 5.19. The van der Waals surface area contributed by atoms with E-state index in [2.05, 4.69) is 6.58 Å². The molecule has 1 saturated heterocycles. The summed E-state index contributed by atoms with van der Waals surface area (Å²) in [5.41, 5.74) is -1.65. The second-order valence-corrected chi connectivity index (χ2v) is 3.87. The van der Waals surface area contributed by atoms with Crippen molar-refractivity contribution >= 4 is 11.8 Å². The van der Waals surface area contributed by atoms with Gasteiger partial charge in [0, 0.05) is 5.57 Å². The fourth-order valence-electron chi connectivity index (χ4n) is 2.16. The van der Waals surface area contributed by atoms with Gasteiger partial charge in [-0.2, -0.15) is 0 Å². The van der Waals surface area contributed by atoms with Gasteiger partial charge in [0.25, 0.3) is 0 Å². The molecule has 0 unspecified atom stereocenters. The molecule has 1 saturated carbocycles. The predicted octanol–water partition coefficient (Wildman–Crippen LogP) is 0.374. The Morgan fingerprint density at radius 2 is 2.15 bits per heavy atom. The lowest BCUT2D eigenvalue weighted by molar-refractivity contribution is -0.143. The van der Waals surface area contributed by atoms with Crippen LogP contribution in [0.1, 0.15) is 13.8 Å². The van der Waals surface area contributed by atoms with E-state index in [9.17, 15) is 9.59 Å². The minimum Gasteiger partial charge on any atom is -0.481 e. The first kappa shape index (κ1) is 8.44. The van der Waals surface area contributed by atoms with Crippen LogP contribution in [0, 0.1) is 5.92 Å². The number of epoxide rings is 1. The highest BCUT2D eigenvalue weighted by atomic mass is 16.6. The van der Waals surface area contributed by atoms with E-state index >= 15 is 0 Å². The molecule has 4 nitrogen and oxygen atoms in total. The Morgan fingerprint density at radius 1 is 1.62 bits per heavy atom. The highest BCUT2D eigenvalue weighted by Crippen LogP contribution is 2.61. The molecule has 0 aromatic heterocycles. The standard InChI is InChI=1S/C9H10O4/c1-4-5(7(11)12)8(2)9(3,13-8)6(4)10/h5H,1H2,2-3H3,(H,11,12)/t5-,8-,9+/m0/s1. The van der Waals surface area contributed by atoms with Gasteiger partial charge in [-0.25, -0.2) is 0 Å². The normalized spacial score (nSPS) is 47.7. The Morgan fingerprint density at radius 3 is 2.38 bits per heavy atom. The summed E-state index contributed by atoms with van der Waals surface area (Å²) in [6.45, 7) is 6.75. The van der Waals surface area contributed by atoms with Crippen molar-refractivity contribution in [1.82, 2.24) is 0 Å². The molecule has 0 radical (unpaired) electrons. The molecule has 1 heterocycles. The minimum absolute atomic E-state index is 0.156. The third-order valence-electron chi connectivity index (χ3n) is 3.19. The Labute approximate surface area is 75.2 Å². The van der Waals surface area contributed by atoms with Crippen molar-refractivity contribution in [2.24, 2.45) is 5.92 Å². The Balaban J connectivity index is 2.49. The van der Waals surface area contributed by atoms with Crippen LogP contribution >= 0.6 is 0 Å². The van der Waals surface area contributed by atoms with Gasteiger partial charge in [-0.05, 0) is 13.8 Å². The Kier molecular flexibility index (Phi) is 1.20. The largest absolute Gasteiger partial charge is 0.481 e. The molecule has 1 aliphatic heterocycles. The van der Waals surface area contributed by atoms with Gasteiger partial charge in [-0.15, -0.1) is 0 Å². The van der Waals surface area contributed by atoms with Gasteiger partial charge in [0.1, 0.15) is 11.5 Å². The van der Waals surface area contributed by atoms with Gasteiger partial charge >= 0.3 is 5.97 Å². The number of hydrogen-bond acceptors (Lipinski definition) is 3. The van der Waals surface area contributed by atoms with Crippen molar-refractivity contribution < 1.29 is 19.4 Å². The van der Waals surface area contributed by atoms with E-state index in [1.165, 1.54) is 0 Å². The van der Waals surface area contributed by atoms with Gasteiger partial charge in [-0.3, -0.25) is 9.59 Å². The van der Waals surface area contributed by atoms with Crippen molar-refractivity contribution in [1.29, 1.82) is 0 Å². The van der Waals surface area contributed by atoms with E-state index in [0.29, 0.717) is 0 Å². The molecule has 70 valence electrons. The Bertz CT molecular complexity index is 346. The fraction of sp³-hybridized carbons (Fsp3) is 0.556. The smallest absolute Gasteiger partial charge is 0.314 e. The van der Waals surface area contributed by atoms with Crippen LogP contribution in [-0.4, -0.2) is 28.1 Å². The average molecular weight is 182 g/mol. The first-order valence-electron chi connectivity index (χ1n) is 4.01. The van der Waals surface area contributed by atoms with Crippen molar-refractivity contribution in [2.45, 2.75) is 25.0 Å². The van der Waals surface area contributed by atoms with E-state index in [1.54, 1.807) is 13.8 Å². The van der Waals surface area contributed by atoms with E-state index < -0.39 is 23.1 Å². The topological polar surface area (TPSA) is 66.9 Å². The van der Waals surface area contributed by atoms with E-state index in [-0.39, 0.29) is 11.4 Å². The maximum atomic E-state index is 11.5. The average Bonchev–Trinajstić information content (AvgIpc) is 2.48. The summed E-state index contributed by atoms with van der Waals surface area (Å²) in [4.78, 5) is 22.3. The number of carboxylic acids is 1. The molecule has 4 heteroatoms. The van der Waals surface area contributed by atoms with Crippen molar-refractivity contribution in [2.75, 3.05) is 0 Å². The van der Waals surface area contributed by atoms with Crippen LogP contribution in [0.5, 0.6) is 0 Å². The molecule has 1 N–H and O–H groups in total. The number of fused-ring (bicyclic) bond motifs is 1. The number of carbonyl (C=O) groups is 2. The van der Waals surface area contributed by atoms with Crippen molar-refractivity contribution in [3.63, 3.8) is 0 Å². The number of rotatable bonds is 1. The van der Waals surface area contributed by atoms with Crippen LogP contribution in [0.25, 0.3) is 0 Å². The zero-order valence-corrected chi connectivity index (χ0v) is 7.46. The molecule has 0 aromatic carbocycles. The predicted molar refractivity (Wildman–Crippen MR) is 43.2 cm³/mol. The molecule has 0 aromatic rings. The molecule has 0 bridgehead atoms. The van der Waals surface area contributed by atoms with Crippen LogP contribution in [0.15, 0.2) is 12.2 Å². The second kappa shape index (κ2) is 1.85. The molecule has 0 amide bonds. The molecular formula is C9H10O4. The lowest BCUT2D eigenvalue weighted by Gasteiger charge is -2.11. The third kappa shape index (κ3) is 0.659. The second-order valence-electron chi connectivity index (χ2n) is 3.87. The van der Waals surface area contributed by atoms with Crippen LogP contribution in [0.4, 0.5) is 0 Å². The quantitative estimate of drug-likeness (QED) is 0.470. The van der Waals surface area contributed by atoms with Gasteiger partial charge in [-0.1, -0.05) is 6.58 Å². The lowest BCUT2D eigenvalue weighted by atomic mass is 9.91. The number of Topliss-reactive ketones (excluding diaryl/α,β-unsaturated/α-hetero) is 1. The first-order valence-corrected chi connectivity index (χ1v) is 4.01. The number of aliphatic carboxylic acids is 1. The third-order valence-corrected chi connectivity index (χ3v) is 3.19. The zero-order valence-electron chi connectivity index (χ0n) is 7.46. The maximum Gasteiger partial charge on any atom is 0.314 e. The molecule has 2 rings (SSSR count). The number of hydrogen-bond donors (Lipinski definition) is 1. The van der Waals surface area contributed by atoms with E-state index in [0.717, 1.165) is 0 Å². The first-order chi connectivity index (χ1) is 5.84. The SMILES string of the molecule is C=C1C(=O)[C@@]2(C)O[C@@]2(C)[C@@H]1C(=O)O. The summed E-state index contributed by atoms with van der Waals surface area (Å²) >= 11 is 0. The minimum atomic E-state index is -1.04. The molecule has 13 heavy (non-hydrogen) atoms. The van der Waals surface area contributed by atoms with Gasteiger partial charge < -0.3 is 9.84 Å². The zero-order chi connectivity index (χ0) is 10.0. The summed E-state index contributed by atoms with van der Waals surface area (Å²) in [5, 5.41) is 8.89. The maximum absolute atomic E-state index is 11.5. The summed E-state index contributed by atoms with van der Waals surface area (Å²) in [6, 6.07) is 0. The number of ether oxygens (including phenoxy) is 1. The highest BCUT2D eigenvalue weighted by molar-refractivity contribution is 6.12. The van der Waals surface area contributed by atoms with Crippen LogP contribution in [-0.2, 0) is 14.3 Å². The van der Waals surface area contributed by atoms with Crippen molar-refractivity contribution in [3.05, 3.63) is 12.2 Å². The summed E-state index contributed by atoms with van der Waals surface area (Å²) in [7, 11) is 0. The monoisotopic (exact) mass is 182 g/mol. The molecule has 2 aliphatic rings. The van der Waals surface area contributed by atoms with E-state index in [1.807, 2.05) is 0 Å². The molecule has 3 atom stereocenters. The van der Waals surface area contributed by atoms with E-state index in [4.69, 9.17) is 9.84 Å². The van der Waals surface area contributed by atoms with Gasteiger partial charge in [0.15, 0.2) is 11.4 Å². The molecule has 0 spiro atoms. The van der Waals surface area contributed by atoms with Crippen LogP contribution in [0.3, 0.4) is 0 Å². The fourth-order valence-corrected chi connectivity index (χ4v) is 2.16. The summed E-state index contributed by atoms with van der Waals surface area (Å²) in [6.07, 6.45) is 0. The number of carboxylic acid groups (broad SMARTS) is 1. The van der Waals surface area contributed by atoms with Crippen molar-refractivity contribution in [3.8, 4) is 0 Å². The van der Waals surface area contributed by atoms with Crippen LogP contribution in [0.2, 0.25) is 0 Å². The highest BCUT2D eigenvalue weighted by Gasteiger charge is 2.79. The van der Waals surface area contributed by atoms with Gasteiger partial charge in [0.2, 0.25) is 0 Å².